The Balaban J connectivity index is 4.00. The van der Waals surface area contributed by atoms with Gasteiger partial charge in [0.2, 0.25) is 5.91 Å². The summed E-state index contributed by atoms with van der Waals surface area (Å²) < 4.78 is 10.4. The van der Waals surface area contributed by atoms with Gasteiger partial charge in [-0.25, -0.2) is 4.79 Å². The molecule has 0 saturated carbocycles. The van der Waals surface area contributed by atoms with Gasteiger partial charge in [-0.1, -0.05) is 13.8 Å². The van der Waals surface area contributed by atoms with Crippen LogP contribution in [0.15, 0.2) is 0 Å². The van der Waals surface area contributed by atoms with E-state index in [1.807, 2.05) is 13.8 Å². The molecule has 0 spiro atoms. The Morgan fingerprint density at radius 3 is 2.13 bits per heavy atom. The van der Waals surface area contributed by atoms with Gasteiger partial charge >= 0.3 is 5.97 Å². The van der Waals surface area contributed by atoms with Gasteiger partial charge in [-0.2, -0.15) is 0 Å². The maximum atomic E-state index is 12.0. The number of carbonyl (C=O) groups is 2. The number of aliphatic hydroxyl groups is 2. The van der Waals surface area contributed by atoms with E-state index in [1.165, 1.54) is 0 Å². The van der Waals surface area contributed by atoms with Gasteiger partial charge in [0, 0.05) is 26.2 Å². The summed E-state index contributed by atoms with van der Waals surface area (Å²) in [6.07, 6.45) is 2.80. The van der Waals surface area contributed by atoms with Crippen molar-refractivity contribution in [2.75, 3.05) is 33.0 Å². The van der Waals surface area contributed by atoms with Gasteiger partial charge < -0.3 is 25.0 Å². The van der Waals surface area contributed by atoms with Crippen molar-refractivity contribution in [3.63, 3.8) is 0 Å². The standard InChI is InChI=1S/C16H31NO6/c1-13(2)15(16(21)23-11-6-4-9-19)17-14(20)7-12-22-10-5-3-8-18/h13,15,18-19H,3-12H2,1-2H3,(H,17,20)/t15-/m0/s1. The highest BCUT2D eigenvalue weighted by molar-refractivity contribution is 5.84. The molecular weight excluding hydrogens is 302 g/mol. The summed E-state index contributed by atoms with van der Waals surface area (Å²) in [5, 5.41) is 20.0. The number of carbonyl (C=O) groups excluding carboxylic acids is 2. The number of hydrogen-bond acceptors (Lipinski definition) is 6. The van der Waals surface area contributed by atoms with Crippen LogP contribution in [0.1, 0.15) is 46.0 Å². The molecule has 7 heteroatoms. The monoisotopic (exact) mass is 333 g/mol. The lowest BCUT2D eigenvalue weighted by Gasteiger charge is -2.21. The largest absolute Gasteiger partial charge is 0.464 e. The summed E-state index contributed by atoms with van der Waals surface area (Å²) in [4.78, 5) is 23.8. The summed E-state index contributed by atoms with van der Waals surface area (Å²) in [5.74, 6) is -0.775. The molecule has 0 unspecified atom stereocenters. The Morgan fingerprint density at radius 1 is 0.957 bits per heavy atom. The zero-order valence-electron chi connectivity index (χ0n) is 14.3. The van der Waals surface area contributed by atoms with Gasteiger partial charge in [0.05, 0.1) is 13.2 Å². The Bertz CT molecular complexity index is 322. The minimum Gasteiger partial charge on any atom is -0.464 e. The first kappa shape index (κ1) is 21.8. The zero-order chi connectivity index (χ0) is 17.5. The van der Waals surface area contributed by atoms with Crippen LogP contribution < -0.4 is 5.32 Å². The van der Waals surface area contributed by atoms with Gasteiger partial charge in [-0.05, 0) is 31.6 Å². The highest BCUT2D eigenvalue weighted by atomic mass is 16.5. The quantitative estimate of drug-likeness (QED) is 0.318. The molecule has 0 aromatic heterocycles. The van der Waals surface area contributed by atoms with Crippen LogP contribution in [0.2, 0.25) is 0 Å². The van der Waals surface area contributed by atoms with Crippen LogP contribution in [-0.2, 0) is 19.1 Å². The summed E-state index contributed by atoms with van der Waals surface area (Å²) in [6.45, 7) is 4.92. The Labute approximate surface area is 138 Å². The molecule has 0 aliphatic heterocycles. The average Bonchev–Trinajstić information content (AvgIpc) is 2.52. The number of nitrogens with one attached hydrogen (secondary N) is 1. The number of rotatable bonds is 14. The number of amides is 1. The molecule has 0 saturated heterocycles. The molecule has 0 aliphatic carbocycles. The molecule has 0 bridgehead atoms. The van der Waals surface area contributed by atoms with E-state index in [0.29, 0.717) is 25.9 Å². The van der Waals surface area contributed by atoms with E-state index in [2.05, 4.69) is 5.32 Å². The van der Waals surface area contributed by atoms with Crippen molar-refractivity contribution in [2.45, 2.75) is 52.0 Å². The first-order valence-corrected chi connectivity index (χ1v) is 8.28. The van der Waals surface area contributed by atoms with E-state index in [1.54, 1.807) is 0 Å². The van der Waals surface area contributed by atoms with E-state index in [9.17, 15) is 9.59 Å². The lowest BCUT2D eigenvalue weighted by molar-refractivity contribution is -0.149. The van der Waals surface area contributed by atoms with Crippen molar-refractivity contribution >= 4 is 11.9 Å². The summed E-state index contributed by atoms with van der Waals surface area (Å²) >= 11 is 0. The highest BCUT2D eigenvalue weighted by Gasteiger charge is 2.25. The minimum absolute atomic E-state index is 0.0696. The van der Waals surface area contributed by atoms with E-state index in [4.69, 9.17) is 19.7 Å². The number of hydrogen-bond donors (Lipinski definition) is 3. The maximum absolute atomic E-state index is 12.0. The third-order valence-electron chi connectivity index (χ3n) is 3.20. The molecule has 0 fully saturated rings. The van der Waals surface area contributed by atoms with Crippen molar-refractivity contribution in [3.8, 4) is 0 Å². The SMILES string of the molecule is CC(C)[C@H](NC(=O)CCOCCCCO)C(=O)OCCCCO. The maximum Gasteiger partial charge on any atom is 0.328 e. The second-order valence-corrected chi connectivity index (χ2v) is 5.68. The Morgan fingerprint density at radius 2 is 1.57 bits per heavy atom. The van der Waals surface area contributed by atoms with Crippen LogP contribution in [0, 0.1) is 5.92 Å². The van der Waals surface area contributed by atoms with Crippen molar-refractivity contribution in [2.24, 2.45) is 5.92 Å². The molecular formula is C16H31NO6. The first-order chi connectivity index (χ1) is 11.0. The molecule has 0 aromatic carbocycles. The lowest BCUT2D eigenvalue weighted by atomic mass is 10.0. The topological polar surface area (TPSA) is 105 Å². The van der Waals surface area contributed by atoms with Gasteiger partial charge in [0.1, 0.15) is 6.04 Å². The molecule has 7 nitrogen and oxygen atoms in total. The Hall–Kier alpha value is -1.18. The molecule has 23 heavy (non-hydrogen) atoms. The van der Waals surface area contributed by atoms with Crippen LogP contribution >= 0.6 is 0 Å². The summed E-state index contributed by atoms with van der Waals surface area (Å²) in [6, 6.07) is -0.675. The van der Waals surface area contributed by atoms with Crippen molar-refractivity contribution in [3.05, 3.63) is 0 Å². The van der Waals surface area contributed by atoms with Crippen LogP contribution in [0.5, 0.6) is 0 Å². The average molecular weight is 333 g/mol. The van der Waals surface area contributed by atoms with Gasteiger partial charge in [-0.3, -0.25) is 4.79 Å². The number of unbranched alkanes of at least 4 members (excludes halogenated alkanes) is 2. The van der Waals surface area contributed by atoms with Crippen molar-refractivity contribution in [1.82, 2.24) is 5.32 Å². The molecule has 0 heterocycles. The molecule has 136 valence electrons. The van der Waals surface area contributed by atoms with E-state index in [-0.39, 0.29) is 44.7 Å². The predicted molar refractivity (Wildman–Crippen MR) is 85.8 cm³/mol. The molecule has 1 atom stereocenters. The lowest BCUT2D eigenvalue weighted by Crippen LogP contribution is -2.45. The van der Waals surface area contributed by atoms with Gasteiger partial charge in [-0.15, -0.1) is 0 Å². The fourth-order valence-corrected chi connectivity index (χ4v) is 1.80. The molecule has 0 radical (unpaired) electrons. The summed E-state index contributed by atoms with van der Waals surface area (Å²) in [5.41, 5.74) is 0. The second-order valence-electron chi connectivity index (χ2n) is 5.68. The van der Waals surface area contributed by atoms with E-state index in [0.717, 1.165) is 6.42 Å². The van der Waals surface area contributed by atoms with Crippen LogP contribution in [0.3, 0.4) is 0 Å². The summed E-state index contributed by atoms with van der Waals surface area (Å²) in [7, 11) is 0. The normalized spacial score (nSPS) is 12.2. The Kier molecular flexibility index (Phi) is 13.7. The van der Waals surface area contributed by atoms with Crippen LogP contribution in [0.25, 0.3) is 0 Å². The third kappa shape index (κ3) is 12.0. The van der Waals surface area contributed by atoms with Crippen LogP contribution in [-0.4, -0.2) is 61.2 Å². The zero-order valence-corrected chi connectivity index (χ0v) is 14.3. The third-order valence-corrected chi connectivity index (χ3v) is 3.20. The predicted octanol–water partition coefficient (Wildman–Crippen LogP) is 0.622. The minimum atomic E-state index is -0.675. The molecule has 0 aliphatic rings. The number of ether oxygens (including phenoxy) is 2. The van der Waals surface area contributed by atoms with E-state index < -0.39 is 12.0 Å². The second kappa shape index (κ2) is 14.4. The fourth-order valence-electron chi connectivity index (χ4n) is 1.80. The molecule has 0 aromatic rings. The first-order valence-electron chi connectivity index (χ1n) is 8.28. The van der Waals surface area contributed by atoms with Crippen molar-refractivity contribution in [1.29, 1.82) is 0 Å². The molecule has 0 rings (SSSR count). The molecule has 1 amide bonds. The van der Waals surface area contributed by atoms with Crippen molar-refractivity contribution < 1.29 is 29.3 Å². The van der Waals surface area contributed by atoms with Crippen LogP contribution in [0.4, 0.5) is 0 Å². The number of aliphatic hydroxyl groups excluding tert-OH is 2. The smallest absolute Gasteiger partial charge is 0.328 e. The fraction of sp³-hybridized carbons (Fsp3) is 0.875. The van der Waals surface area contributed by atoms with Gasteiger partial charge in [0.25, 0.3) is 0 Å². The highest BCUT2D eigenvalue weighted by Crippen LogP contribution is 2.05. The number of esters is 1. The van der Waals surface area contributed by atoms with E-state index >= 15 is 0 Å². The van der Waals surface area contributed by atoms with Gasteiger partial charge in [0.15, 0.2) is 0 Å². The molecule has 3 N–H and O–H groups in total.